The number of hydrogen-bond acceptors (Lipinski definition) is 5. The van der Waals surface area contributed by atoms with Crippen LogP contribution in [0.4, 0.5) is 11.5 Å². The SMILES string of the molecule is N#Cc1ccccc1NC(=O)c1ccc(NC2CCCC2)nn1. The van der Waals surface area contributed by atoms with Gasteiger partial charge in [-0.15, -0.1) is 10.2 Å². The van der Waals surface area contributed by atoms with Crippen molar-refractivity contribution in [1.29, 1.82) is 5.26 Å². The van der Waals surface area contributed by atoms with Crippen molar-refractivity contribution in [1.82, 2.24) is 10.2 Å². The molecule has 1 fully saturated rings. The van der Waals surface area contributed by atoms with E-state index in [9.17, 15) is 4.79 Å². The molecule has 1 aliphatic carbocycles. The van der Waals surface area contributed by atoms with Gasteiger partial charge in [0.05, 0.1) is 11.3 Å². The third-order valence-electron chi connectivity index (χ3n) is 3.90. The predicted molar refractivity (Wildman–Crippen MR) is 87.0 cm³/mol. The molecule has 2 aromatic rings. The Morgan fingerprint density at radius 3 is 2.61 bits per heavy atom. The lowest BCUT2D eigenvalue weighted by atomic mass is 10.2. The first-order valence-electron chi connectivity index (χ1n) is 7.67. The maximum atomic E-state index is 12.2. The van der Waals surface area contributed by atoms with Crippen LogP contribution >= 0.6 is 0 Å². The second-order valence-corrected chi connectivity index (χ2v) is 5.54. The minimum Gasteiger partial charge on any atom is -0.366 e. The van der Waals surface area contributed by atoms with Crippen molar-refractivity contribution in [2.45, 2.75) is 31.7 Å². The van der Waals surface area contributed by atoms with Crippen molar-refractivity contribution in [2.24, 2.45) is 0 Å². The van der Waals surface area contributed by atoms with Crippen molar-refractivity contribution in [3.63, 3.8) is 0 Å². The van der Waals surface area contributed by atoms with Crippen LogP contribution in [0.25, 0.3) is 0 Å². The number of nitrogens with one attached hydrogen (secondary N) is 2. The Hall–Kier alpha value is -2.94. The maximum absolute atomic E-state index is 12.2. The van der Waals surface area contributed by atoms with Gasteiger partial charge in [-0.05, 0) is 37.1 Å². The minimum atomic E-state index is -0.382. The first-order valence-corrected chi connectivity index (χ1v) is 7.67. The van der Waals surface area contributed by atoms with Gasteiger partial charge in [-0.2, -0.15) is 5.26 Å². The Bertz CT molecular complexity index is 729. The Labute approximate surface area is 134 Å². The van der Waals surface area contributed by atoms with Gasteiger partial charge in [0.2, 0.25) is 0 Å². The quantitative estimate of drug-likeness (QED) is 0.906. The molecule has 2 N–H and O–H groups in total. The second kappa shape index (κ2) is 6.88. The molecular weight excluding hydrogens is 290 g/mol. The Balaban J connectivity index is 1.66. The molecule has 1 heterocycles. The maximum Gasteiger partial charge on any atom is 0.276 e. The van der Waals surface area contributed by atoms with Crippen molar-refractivity contribution in [3.05, 3.63) is 47.7 Å². The molecule has 0 radical (unpaired) electrons. The van der Waals surface area contributed by atoms with E-state index in [1.165, 1.54) is 12.8 Å². The van der Waals surface area contributed by atoms with Gasteiger partial charge < -0.3 is 10.6 Å². The number of carbonyl (C=O) groups excluding carboxylic acids is 1. The molecule has 1 saturated carbocycles. The van der Waals surface area contributed by atoms with Crippen molar-refractivity contribution in [2.75, 3.05) is 10.6 Å². The number of nitrogens with zero attached hydrogens (tertiary/aromatic N) is 3. The molecule has 0 saturated heterocycles. The second-order valence-electron chi connectivity index (χ2n) is 5.54. The highest BCUT2D eigenvalue weighted by molar-refractivity contribution is 6.03. The summed E-state index contributed by atoms with van der Waals surface area (Å²) in [6.45, 7) is 0. The van der Waals surface area contributed by atoms with E-state index in [0.717, 1.165) is 12.8 Å². The van der Waals surface area contributed by atoms with Crippen LogP contribution in [-0.2, 0) is 0 Å². The van der Waals surface area contributed by atoms with Crippen LogP contribution in [0.2, 0.25) is 0 Å². The summed E-state index contributed by atoms with van der Waals surface area (Å²) in [5.74, 6) is 0.304. The topological polar surface area (TPSA) is 90.7 Å². The number of carbonyl (C=O) groups is 1. The fraction of sp³-hybridized carbons (Fsp3) is 0.294. The zero-order valence-electron chi connectivity index (χ0n) is 12.6. The largest absolute Gasteiger partial charge is 0.366 e. The molecule has 1 aromatic heterocycles. The number of amides is 1. The van der Waals surface area contributed by atoms with Gasteiger partial charge in [0.1, 0.15) is 11.9 Å². The molecule has 0 spiro atoms. The number of nitriles is 1. The summed E-state index contributed by atoms with van der Waals surface area (Å²) in [6, 6.07) is 12.7. The lowest BCUT2D eigenvalue weighted by Crippen LogP contribution is -2.18. The van der Waals surface area contributed by atoms with Gasteiger partial charge >= 0.3 is 0 Å². The summed E-state index contributed by atoms with van der Waals surface area (Å²) >= 11 is 0. The van der Waals surface area contributed by atoms with E-state index in [1.54, 1.807) is 36.4 Å². The lowest BCUT2D eigenvalue weighted by molar-refractivity contribution is 0.102. The van der Waals surface area contributed by atoms with Crippen LogP contribution in [-0.4, -0.2) is 22.1 Å². The van der Waals surface area contributed by atoms with Crippen LogP contribution in [0.3, 0.4) is 0 Å². The highest BCUT2D eigenvalue weighted by Crippen LogP contribution is 2.21. The summed E-state index contributed by atoms with van der Waals surface area (Å²) < 4.78 is 0. The number of para-hydroxylation sites is 1. The smallest absolute Gasteiger partial charge is 0.276 e. The summed E-state index contributed by atoms with van der Waals surface area (Å²) in [4.78, 5) is 12.2. The summed E-state index contributed by atoms with van der Waals surface area (Å²) in [6.07, 6.45) is 4.78. The lowest BCUT2D eigenvalue weighted by Gasteiger charge is -2.12. The molecule has 0 bridgehead atoms. The van der Waals surface area contributed by atoms with Gasteiger partial charge in [0, 0.05) is 6.04 Å². The molecule has 6 heteroatoms. The molecule has 0 aliphatic heterocycles. The summed E-state index contributed by atoms with van der Waals surface area (Å²) in [7, 11) is 0. The van der Waals surface area contributed by atoms with Crippen molar-refractivity contribution in [3.8, 4) is 6.07 Å². The molecule has 1 aliphatic rings. The van der Waals surface area contributed by atoms with Crippen LogP contribution in [0, 0.1) is 11.3 Å². The van der Waals surface area contributed by atoms with Gasteiger partial charge in [0.15, 0.2) is 5.69 Å². The Kier molecular flexibility index (Phi) is 4.48. The predicted octanol–water partition coefficient (Wildman–Crippen LogP) is 2.96. The molecule has 116 valence electrons. The van der Waals surface area contributed by atoms with E-state index in [-0.39, 0.29) is 11.6 Å². The van der Waals surface area contributed by atoms with E-state index < -0.39 is 0 Å². The van der Waals surface area contributed by atoms with E-state index in [2.05, 4.69) is 20.8 Å². The van der Waals surface area contributed by atoms with E-state index in [1.807, 2.05) is 6.07 Å². The molecule has 0 atom stereocenters. The zero-order chi connectivity index (χ0) is 16.1. The summed E-state index contributed by atoms with van der Waals surface area (Å²) in [5, 5.41) is 23.1. The van der Waals surface area contributed by atoms with Crippen LogP contribution in [0.1, 0.15) is 41.7 Å². The Morgan fingerprint density at radius 1 is 1.13 bits per heavy atom. The summed E-state index contributed by atoms with van der Waals surface area (Å²) in [5.41, 5.74) is 1.10. The fourth-order valence-corrected chi connectivity index (χ4v) is 2.69. The number of aromatic nitrogens is 2. The molecular formula is C17H17N5O. The first-order chi connectivity index (χ1) is 11.3. The fourth-order valence-electron chi connectivity index (χ4n) is 2.69. The molecule has 1 aromatic carbocycles. The van der Waals surface area contributed by atoms with Crippen molar-refractivity contribution >= 4 is 17.4 Å². The van der Waals surface area contributed by atoms with Crippen LogP contribution in [0.15, 0.2) is 36.4 Å². The number of benzene rings is 1. The average molecular weight is 307 g/mol. The number of anilines is 2. The Morgan fingerprint density at radius 2 is 1.91 bits per heavy atom. The molecule has 0 unspecified atom stereocenters. The van der Waals surface area contributed by atoms with Crippen LogP contribution in [0.5, 0.6) is 0 Å². The van der Waals surface area contributed by atoms with E-state index >= 15 is 0 Å². The van der Waals surface area contributed by atoms with Crippen molar-refractivity contribution < 1.29 is 4.79 Å². The molecule has 23 heavy (non-hydrogen) atoms. The third kappa shape index (κ3) is 3.64. The monoisotopic (exact) mass is 307 g/mol. The zero-order valence-corrected chi connectivity index (χ0v) is 12.6. The average Bonchev–Trinajstić information content (AvgIpc) is 3.09. The first kappa shape index (κ1) is 15.0. The number of rotatable bonds is 4. The third-order valence-corrected chi connectivity index (χ3v) is 3.90. The van der Waals surface area contributed by atoms with Gasteiger partial charge in [-0.1, -0.05) is 25.0 Å². The highest BCUT2D eigenvalue weighted by atomic mass is 16.1. The highest BCUT2D eigenvalue weighted by Gasteiger charge is 2.16. The van der Waals surface area contributed by atoms with Gasteiger partial charge in [0.25, 0.3) is 5.91 Å². The molecule has 1 amide bonds. The standard InChI is InChI=1S/C17H17N5O/c18-11-12-5-1-4-8-14(12)20-17(23)15-9-10-16(22-21-15)19-13-6-2-3-7-13/h1,4-5,8-10,13H,2-3,6-7H2,(H,19,22)(H,20,23). The minimum absolute atomic E-state index is 0.217. The van der Waals surface area contributed by atoms with E-state index in [4.69, 9.17) is 5.26 Å². The van der Waals surface area contributed by atoms with E-state index in [0.29, 0.717) is 23.1 Å². The number of hydrogen-bond donors (Lipinski definition) is 2. The van der Waals surface area contributed by atoms with Gasteiger partial charge in [-0.3, -0.25) is 4.79 Å². The van der Waals surface area contributed by atoms with Crippen LogP contribution < -0.4 is 10.6 Å². The molecule has 6 nitrogen and oxygen atoms in total. The molecule has 3 rings (SSSR count). The van der Waals surface area contributed by atoms with Gasteiger partial charge in [-0.25, -0.2) is 0 Å². The normalized spacial score (nSPS) is 14.2.